The van der Waals surface area contributed by atoms with Gasteiger partial charge in [-0.3, -0.25) is 0 Å². The van der Waals surface area contributed by atoms with E-state index in [1.54, 1.807) is 11.1 Å². The second-order valence-electron chi connectivity index (χ2n) is 33.5. The Morgan fingerprint density at radius 1 is 0.402 bits per heavy atom. The molecule has 0 heterocycles. The topological polar surface area (TPSA) is 0 Å². The Bertz CT molecular complexity index is 4100. The number of fused-ring (bicyclic) bond motifs is 10. The first-order valence-corrected chi connectivity index (χ1v) is 36.9. The summed E-state index contributed by atoms with van der Waals surface area (Å²) in [6, 6.07) is 65.6. The average molecular weight is 1630 g/mol. The van der Waals surface area contributed by atoms with Crippen LogP contribution in [0.15, 0.2) is 146 Å². The molecule has 0 radical (unpaired) electrons. The fraction of sp³-hybridized carbons (Fsp3) is 0.394. The number of halogens is 6. The molecule has 0 aromatic heterocycles. The van der Waals surface area contributed by atoms with Gasteiger partial charge in [0, 0.05) is 0 Å². The molecule has 10 aromatic rings. The fourth-order valence-electron chi connectivity index (χ4n) is 17.0. The summed E-state index contributed by atoms with van der Waals surface area (Å²) in [5.41, 5.74) is 37.0. The summed E-state index contributed by atoms with van der Waals surface area (Å²) >= 11 is 11.8. The molecular weight excluding hydrogens is 1520 g/mol. The van der Waals surface area contributed by atoms with Crippen LogP contribution < -0.4 is 49.6 Å². The minimum absolute atomic E-state index is 0. The molecule has 0 spiro atoms. The molecule has 5 aliphatic carbocycles. The van der Waals surface area contributed by atoms with Gasteiger partial charge in [0.1, 0.15) is 0 Å². The standard InChI is InChI=1S/C31H29.2C27H35.C9H5Cl2.4ClH.2Zr/c1-18-11-20(3)30(21(4)12-18)26-9-7-24-15-25-8-10-27(17-29(25)28(24)16-26)31-22(5)13-19(2)14-23(31)6;2*1-26(2,3)19-12-14-21-22-15-13-20(27(4,5)6)17-24(22)25(23(21)16-19)18-10-8-7-9-11-18;10-8-4-5-9(11)7-3-1-2-6(7)8;;;;;;/h7,9-14,16-17H,15H2,1-6H3;2*12-16,18,25H,7-11H2,1-6H3;1-5H;4*1H;;/q4*-1;;;;;2*+4/p-4. The summed E-state index contributed by atoms with van der Waals surface area (Å²) in [5, 5.41) is 3.57. The summed E-state index contributed by atoms with van der Waals surface area (Å²) in [6.45, 7) is 41.1. The van der Waals surface area contributed by atoms with Gasteiger partial charge in [0.05, 0.1) is 0 Å². The molecule has 0 amide bonds. The largest absolute Gasteiger partial charge is 4.00 e. The van der Waals surface area contributed by atoms with Crippen LogP contribution in [0.2, 0.25) is 10.0 Å². The van der Waals surface area contributed by atoms with Gasteiger partial charge in [0.25, 0.3) is 0 Å². The van der Waals surface area contributed by atoms with Crippen LogP contribution in [0.4, 0.5) is 0 Å². The molecule has 10 aromatic carbocycles. The van der Waals surface area contributed by atoms with E-state index in [-0.39, 0.29) is 124 Å². The Kier molecular flexibility index (Phi) is 29.8. The van der Waals surface area contributed by atoms with Crippen molar-refractivity contribution >= 4 is 34.0 Å². The second-order valence-corrected chi connectivity index (χ2v) is 34.3. The first-order valence-electron chi connectivity index (χ1n) is 36.2. The van der Waals surface area contributed by atoms with Crippen molar-refractivity contribution in [1.82, 2.24) is 0 Å². The molecule has 0 aliphatic heterocycles. The molecule has 2 fully saturated rings. The summed E-state index contributed by atoms with van der Waals surface area (Å²) in [6.07, 6.45) is 14.9. The first kappa shape index (κ1) is 87.0. The Balaban J connectivity index is 0.000000218. The summed E-state index contributed by atoms with van der Waals surface area (Å²) in [7, 11) is 0. The van der Waals surface area contributed by atoms with E-state index in [4.69, 9.17) is 23.2 Å². The van der Waals surface area contributed by atoms with E-state index in [0.717, 1.165) is 39.1 Å². The molecule has 0 nitrogen and oxygen atoms in total. The zero-order chi connectivity index (χ0) is 68.5. The molecule has 15 rings (SSSR count). The van der Waals surface area contributed by atoms with Crippen molar-refractivity contribution in [2.45, 2.75) is 229 Å². The molecular formula is C94H104Cl6Zr2. The number of hydrogen-bond acceptors (Lipinski definition) is 0. The van der Waals surface area contributed by atoms with E-state index in [1.807, 2.05) is 30.3 Å². The van der Waals surface area contributed by atoms with Crippen LogP contribution in [0, 0.1) is 71.6 Å². The van der Waals surface area contributed by atoms with Crippen molar-refractivity contribution in [3.05, 3.63) is 263 Å². The maximum atomic E-state index is 5.91. The molecule has 5 aliphatic rings. The van der Waals surface area contributed by atoms with Crippen LogP contribution in [0.3, 0.4) is 0 Å². The van der Waals surface area contributed by atoms with E-state index in [2.05, 4.69) is 258 Å². The van der Waals surface area contributed by atoms with Crippen LogP contribution in [0.5, 0.6) is 0 Å². The van der Waals surface area contributed by atoms with Crippen molar-refractivity contribution in [3.63, 3.8) is 0 Å². The molecule has 2 saturated carbocycles. The SMILES string of the molecule is CC(C)(C)c1[c-]c2c(cc1)-c1ccc(C(C)(C)C)cc1C2C1CCCCC1.CC(C)(C)c1[c-]c2c(cc1)-c1ccc(C(C)(C)C)cc1C2C1CCCCC1.Cc1cc(C)c(-c2c[c-]c3c(c2)-c2cc(-c4c(C)cc(C)cc4C)ccc2C3)c(C)c1.Clc1ccc(Cl)c2[cH-]ccc12.[Cl-].[Cl-].[Cl-].[Cl-].[Zr+4].[Zr+4]. The molecule has 2 atom stereocenters. The minimum atomic E-state index is 0. The number of aryl methyl sites for hydroxylation is 6. The minimum Gasteiger partial charge on any atom is -1.00 e. The van der Waals surface area contributed by atoms with Crippen LogP contribution in [-0.4, -0.2) is 0 Å². The van der Waals surface area contributed by atoms with Crippen LogP contribution in [-0.2, 0) is 80.5 Å². The Labute approximate surface area is 688 Å². The van der Waals surface area contributed by atoms with Gasteiger partial charge >= 0.3 is 52.4 Å². The third kappa shape index (κ3) is 18.4. The fourth-order valence-corrected chi connectivity index (χ4v) is 17.4. The van der Waals surface area contributed by atoms with Crippen LogP contribution in [0.25, 0.3) is 66.4 Å². The molecule has 0 bridgehead atoms. The van der Waals surface area contributed by atoms with Gasteiger partial charge in [0.2, 0.25) is 0 Å². The monoisotopic (exact) mass is 1620 g/mol. The van der Waals surface area contributed by atoms with Crippen LogP contribution >= 0.6 is 23.2 Å². The van der Waals surface area contributed by atoms with Gasteiger partial charge in [-0.1, -0.05) is 274 Å². The summed E-state index contributed by atoms with van der Waals surface area (Å²) in [4.78, 5) is 0. The summed E-state index contributed by atoms with van der Waals surface area (Å²) in [5.74, 6) is 2.64. The van der Waals surface area contributed by atoms with Crippen molar-refractivity contribution in [2.75, 3.05) is 0 Å². The van der Waals surface area contributed by atoms with Gasteiger partial charge in [0.15, 0.2) is 0 Å². The molecule has 102 heavy (non-hydrogen) atoms. The zero-order valence-electron chi connectivity index (χ0n) is 63.7. The Hall–Kier alpha value is -3.90. The van der Waals surface area contributed by atoms with Gasteiger partial charge in [-0.15, -0.1) is 61.8 Å². The molecule has 8 heteroatoms. The van der Waals surface area contributed by atoms with Crippen molar-refractivity contribution in [3.8, 4) is 55.6 Å². The molecule has 530 valence electrons. The first-order chi connectivity index (χ1) is 45.4. The third-order valence-electron chi connectivity index (χ3n) is 22.0. The second kappa shape index (κ2) is 35.0. The predicted octanol–water partition coefficient (Wildman–Crippen LogP) is 15.7. The van der Waals surface area contributed by atoms with E-state index in [0.29, 0.717) is 11.8 Å². The van der Waals surface area contributed by atoms with Crippen molar-refractivity contribution < 1.29 is 102 Å². The summed E-state index contributed by atoms with van der Waals surface area (Å²) < 4.78 is 0. The van der Waals surface area contributed by atoms with Gasteiger partial charge in [-0.2, -0.15) is 83.4 Å². The maximum Gasteiger partial charge on any atom is 4.00 e. The maximum absolute atomic E-state index is 5.91. The van der Waals surface area contributed by atoms with E-state index < -0.39 is 0 Å². The van der Waals surface area contributed by atoms with Gasteiger partial charge < -0.3 is 49.6 Å². The van der Waals surface area contributed by atoms with E-state index >= 15 is 0 Å². The predicted molar refractivity (Wildman–Crippen MR) is 415 cm³/mol. The Morgan fingerprint density at radius 2 is 0.814 bits per heavy atom. The van der Waals surface area contributed by atoms with Crippen molar-refractivity contribution in [2.24, 2.45) is 11.8 Å². The van der Waals surface area contributed by atoms with Crippen molar-refractivity contribution in [1.29, 1.82) is 0 Å². The molecule has 0 N–H and O–H groups in total. The van der Waals surface area contributed by atoms with E-state index in [9.17, 15) is 0 Å². The van der Waals surface area contributed by atoms with E-state index in [1.165, 1.54) is 198 Å². The van der Waals surface area contributed by atoms with Crippen LogP contribution in [0.1, 0.15) is 248 Å². The van der Waals surface area contributed by atoms with Gasteiger partial charge in [-0.05, 0) is 174 Å². The number of hydrogen-bond donors (Lipinski definition) is 0. The van der Waals surface area contributed by atoms with Gasteiger partial charge in [-0.25, -0.2) is 0 Å². The zero-order valence-corrected chi connectivity index (χ0v) is 73.2. The molecule has 2 unspecified atom stereocenters. The Morgan fingerprint density at radius 3 is 1.24 bits per heavy atom. The average Bonchev–Trinajstić information content (AvgIpc) is 1.60. The number of benzene rings is 9. The quantitative estimate of drug-likeness (QED) is 0.154. The third-order valence-corrected chi connectivity index (χ3v) is 22.6. The number of rotatable bonds is 4. The molecule has 0 saturated heterocycles. The smallest absolute Gasteiger partial charge is 1.00 e. The normalized spacial score (nSPS) is 15.6.